The van der Waals surface area contributed by atoms with Crippen LogP contribution in [0.15, 0.2) is 0 Å². The van der Waals surface area contributed by atoms with Crippen molar-refractivity contribution in [2.24, 2.45) is 10.8 Å². The maximum Gasteiger partial charge on any atom is 0.0484 e. The van der Waals surface area contributed by atoms with Crippen LogP contribution < -0.4 is 0 Å². The van der Waals surface area contributed by atoms with Crippen molar-refractivity contribution in [1.29, 1.82) is 0 Å². The van der Waals surface area contributed by atoms with Gasteiger partial charge in [-0.25, -0.2) is 0 Å². The smallest absolute Gasteiger partial charge is 0.0484 e. The first-order valence-electron chi connectivity index (χ1n) is 5.50. The highest BCUT2D eigenvalue weighted by Gasteiger charge is 2.30. The molecule has 80 valence electrons. The van der Waals surface area contributed by atoms with Crippen molar-refractivity contribution in [3.8, 4) is 0 Å². The molecule has 0 aromatic heterocycles. The Morgan fingerprint density at radius 2 is 1.62 bits per heavy atom. The largest absolute Gasteiger partial charge is 0.396 e. The van der Waals surface area contributed by atoms with Gasteiger partial charge < -0.3 is 5.11 Å². The Morgan fingerprint density at radius 3 is 1.92 bits per heavy atom. The third-order valence-electron chi connectivity index (χ3n) is 3.10. The van der Waals surface area contributed by atoms with Crippen LogP contribution in [0.2, 0.25) is 0 Å². The second kappa shape index (κ2) is 4.99. The average molecular weight is 186 g/mol. The molecule has 1 N–H and O–H groups in total. The molecule has 0 amide bonds. The van der Waals surface area contributed by atoms with Crippen LogP contribution in [0.5, 0.6) is 0 Å². The first kappa shape index (κ1) is 13.0. The molecule has 0 aliphatic rings. The van der Waals surface area contributed by atoms with Crippen molar-refractivity contribution in [2.75, 3.05) is 6.61 Å². The Hall–Kier alpha value is -0.0400. The molecule has 1 heteroatoms. The lowest BCUT2D eigenvalue weighted by atomic mass is 9.71. The molecule has 13 heavy (non-hydrogen) atoms. The Bertz CT molecular complexity index is 140. The van der Waals surface area contributed by atoms with E-state index in [4.69, 9.17) is 0 Å². The topological polar surface area (TPSA) is 20.2 Å². The number of aliphatic hydroxyl groups excluding tert-OH is 1. The van der Waals surface area contributed by atoms with Crippen LogP contribution in [0, 0.1) is 10.8 Å². The van der Waals surface area contributed by atoms with Gasteiger partial charge >= 0.3 is 0 Å². The number of hydrogen-bond acceptors (Lipinski definition) is 1. The summed E-state index contributed by atoms with van der Waals surface area (Å²) in [4.78, 5) is 0. The summed E-state index contributed by atoms with van der Waals surface area (Å²) in [6, 6.07) is 0. The van der Waals surface area contributed by atoms with E-state index < -0.39 is 0 Å². The van der Waals surface area contributed by atoms with Gasteiger partial charge in [0.25, 0.3) is 0 Å². The summed E-state index contributed by atoms with van der Waals surface area (Å²) in [5, 5.41) is 9.38. The maximum atomic E-state index is 9.38. The lowest BCUT2D eigenvalue weighted by Crippen LogP contribution is -2.28. The van der Waals surface area contributed by atoms with Crippen molar-refractivity contribution in [3.05, 3.63) is 0 Å². The fourth-order valence-electron chi connectivity index (χ4n) is 2.11. The second-order valence-electron chi connectivity index (χ2n) is 5.41. The van der Waals surface area contributed by atoms with Crippen LogP contribution in [0.25, 0.3) is 0 Å². The summed E-state index contributed by atoms with van der Waals surface area (Å²) in [5.74, 6) is 0. The molecular formula is C12H26O. The normalized spacial score (nSPS) is 17.1. The van der Waals surface area contributed by atoms with Gasteiger partial charge in [-0.1, -0.05) is 47.5 Å². The monoisotopic (exact) mass is 186 g/mol. The highest BCUT2D eigenvalue weighted by Crippen LogP contribution is 2.38. The molecule has 0 spiro atoms. The van der Waals surface area contributed by atoms with E-state index in [0.29, 0.717) is 12.0 Å². The molecule has 1 atom stereocenters. The van der Waals surface area contributed by atoms with Gasteiger partial charge in [-0.05, 0) is 23.7 Å². The first-order chi connectivity index (χ1) is 5.89. The standard InChI is InChI=1S/C12H26O/c1-6-8-12(5,10-13)9-11(3,4)7-2/h13H,6-10H2,1-5H3. The molecule has 0 bridgehead atoms. The zero-order chi connectivity index (χ0) is 10.5. The van der Waals surface area contributed by atoms with Crippen molar-refractivity contribution >= 4 is 0 Å². The summed E-state index contributed by atoms with van der Waals surface area (Å²) < 4.78 is 0. The van der Waals surface area contributed by atoms with Crippen LogP contribution in [-0.2, 0) is 0 Å². The minimum atomic E-state index is 0.133. The van der Waals surface area contributed by atoms with E-state index in [2.05, 4.69) is 34.6 Å². The molecule has 0 aromatic carbocycles. The van der Waals surface area contributed by atoms with E-state index in [9.17, 15) is 5.11 Å². The van der Waals surface area contributed by atoms with Gasteiger partial charge in [-0.3, -0.25) is 0 Å². The number of hydrogen-bond donors (Lipinski definition) is 1. The summed E-state index contributed by atoms with van der Waals surface area (Å²) in [7, 11) is 0. The van der Waals surface area contributed by atoms with Gasteiger partial charge in [-0.2, -0.15) is 0 Å². The van der Waals surface area contributed by atoms with Gasteiger partial charge in [0.15, 0.2) is 0 Å². The van der Waals surface area contributed by atoms with Crippen LogP contribution in [-0.4, -0.2) is 11.7 Å². The van der Waals surface area contributed by atoms with E-state index in [0.717, 1.165) is 19.3 Å². The van der Waals surface area contributed by atoms with Crippen LogP contribution in [0.4, 0.5) is 0 Å². The van der Waals surface area contributed by atoms with E-state index in [1.807, 2.05) is 0 Å². The van der Waals surface area contributed by atoms with Crippen molar-refractivity contribution < 1.29 is 5.11 Å². The van der Waals surface area contributed by atoms with E-state index >= 15 is 0 Å². The van der Waals surface area contributed by atoms with Crippen LogP contribution in [0.3, 0.4) is 0 Å². The predicted molar refractivity (Wildman–Crippen MR) is 58.8 cm³/mol. The molecule has 0 fully saturated rings. The van der Waals surface area contributed by atoms with Gasteiger partial charge in [0.05, 0.1) is 0 Å². The minimum absolute atomic E-state index is 0.133. The fraction of sp³-hybridized carbons (Fsp3) is 1.00. The summed E-state index contributed by atoms with van der Waals surface area (Å²) >= 11 is 0. The van der Waals surface area contributed by atoms with Crippen LogP contribution >= 0.6 is 0 Å². The molecule has 1 unspecified atom stereocenters. The Labute approximate surface area is 83.5 Å². The third-order valence-corrected chi connectivity index (χ3v) is 3.10. The molecule has 0 radical (unpaired) electrons. The lowest BCUT2D eigenvalue weighted by molar-refractivity contribution is 0.0763. The molecule has 0 aliphatic carbocycles. The van der Waals surface area contributed by atoms with Gasteiger partial charge in [0.1, 0.15) is 0 Å². The Kier molecular flexibility index (Phi) is 4.98. The zero-order valence-corrected chi connectivity index (χ0v) is 9.98. The first-order valence-corrected chi connectivity index (χ1v) is 5.50. The molecule has 1 nitrogen and oxygen atoms in total. The van der Waals surface area contributed by atoms with Crippen molar-refractivity contribution in [3.63, 3.8) is 0 Å². The maximum absolute atomic E-state index is 9.38. The molecule has 0 aliphatic heterocycles. The number of aliphatic hydroxyl groups is 1. The molecular weight excluding hydrogens is 160 g/mol. The van der Waals surface area contributed by atoms with Crippen molar-refractivity contribution in [2.45, 2.75) is 60.3 Å². The van der Waals surface area contributed by atoms with E-state index in [-0.39, 0.29) is 5.41 Å². The fourth-order valence-corrected chi connectivity index (χ4v) is 2.11. The Morgan fingerprint density at radius 1 is 1.08 bits per heavy atom. The van der Waals surface area contributed by atoms with Gasteiger partial charge in [0.2, 0.25) is 0 Å². The third kappa shape index (κ3) is 4.66. The van der Waals surface area contributed by atoms with E-state index in [1.165, 1.54) is 6.42 Å². The van der Waals surface area contributed by atoms with Gasteiger partial charge in [0, 0.05) is 6.61 Å². The molecule has 0 rings (SSSR count). The van der Waals surface area contributed by atoms with Crippen molar-refractivity contribution in [1.82, 2.24) is 0 Å². The lowest BCUT2D eigenvalue weighted by Gasteiger charge is -2.35. The molecule has 0 heterocycles. The number of rotatable bonds is 6. The van der Waals surface area contributed by atoms with Gasteiger partial charge in [-0.15, -0.1) is 0 Å². The summed E-state index contributed by atoms with van der Waals surface area (Å²) in [6.45, 7) is 11.5. The molecule has 0 saturated carbocycles. The quantitative estimate of drug-likeness (QED) is 0.672. The highest BCUT2D eigenvalue weighted by molar-refractivity contribution is 4.80. The summed E-state index contributed by atoms with van der Waals surface area (Å²) in [5.41, 5.74) is 0.501. The zero-order valence-electron chi connectivity index (χ0n) is 9.98. The SMILES string of the molecule is CCCC(C)(CO)CC(C)(C)CC. The highest BCUT2D eigenvalue weighted by atomic mass is 16.3. The Balaban J connectivity index is 4.25. The molecule has 0 aromatic rings. The second-order valence-corrected chi connectivity index (χ2v) is 5.41. The minimum Gasteiger partial charge on any atom is -0.396 e. The molecule has 0 saturated heterocycles. The predicted octanol–water partition coefficient (Wildman–Crippen LogP) is 3.61. The van der Waals surface area contributed by atoms with E-state index in [1.54, 1.807) is 0 Å². The summed E-state index contributed by atoms with van der Waals surface area (Å²) in [6.07, 6.45) is 4.61. The van der Waals surface area contributed by atoms with Crippen LogP contribution in [0.1, 0.15) is 60.3 Å². The average Bonchev–Trinajstić information content (AvgIpc) is 2.04.